The van der Waals surface area contributed by atoms with Gasteiger partial charge in [-0.15, -0.1) is 0 Å². The number of aryl methyl sites for hydroxylation is 2. The third kappa shape index (κ3) is 5.85. The minimum Gasteiger partial charge on any atom is -0.325 e. The number of likely N-dealkylation sites (tertiary alicyclic amines) is 1. The molecule has 32 heavy (non-hydrogen) atoms. The van der Waals surface area contributed by atoms with Crippen molar-refractivity contribution in [3.63, 3.8) is 0 Å². The van der Waals surface area contributed by atoms with Crippen molar-refractivity contribution >= 4 is 23.2 Å². The van der Waals surface area contributed by atoms with Crippen LogP contribution in [0.1, 0.15) is 35.8 Å². The molecular weight excluding hydrogens is 407 g/mol. The monoisotopic (exact) mass is 434 g/mol. The molecule has 2 aromatic heterocycles. The summed E-state index contributed by atoms with van der Waals surface area (Å²) in [6.45, 7) is 5.83. The number of nitrogens with one attached hydrogen (secondary N) is 2. The molecule has 1 atom stereocenters. The quantitative estimate of drug-likeness (QED) is 0.605. The van der Waals surface area contributed by atoms with Gasteiger partial charge in [-0.2, -0.15) is 0 Å². The van der Waals surface area contributed by atoms with Crippen molar-refractivity contribution in [2.24, 2.45) is 0 Å². The highest BCUT2D eigenvalue weighted by atomic mass is 19.1. The van der Waals surface area contributed by atoms with Crippen LogP contribution in [0.5, 0.6) is 0 Å². The second-order valence-electron chi connectivity index (χ2n) is 8.20. The van der Waals surface area contributed by atoms with Crippen LogP contribution < -0.4 is 10.6 Å². The van der Waals surface area contributed by atoms with E-state index in [4.69, 9.17) is 0 Å². The van der Waals surface area contributed by atoms with Gasteiger partial charge in [-0.25, -0.2) is 14.4 Å². The van der Waals surface area contributed by atoms with Crippen LogP contribution in [0.15, 0.2) is 48.7 Å². The van der Waals surface area contributed by atoms with Crippen LogP contribution in [0.4, 0.5) is 21.7 Å². The van der Waals surface area contributed by atoms with Crippen LogP contribution in [0, 0.1) is 19.7 Å². The van der Waals surface area contributed by atoms with Gasteiger partial charge in [0.1, 0.15) is 5.82 Å². The summed E-state index contributed by atoms with van der Waals surface area (Å²) >= 11 is 0. The van der Waals surface area contributed by atoms with E-state index in [0.29, 0.717) is 18.2 Å². The Labute approximate surface area is 187 Å². The van der Waals surface area contributed by atoms with Gasteiger partial charge in [-0.3, -0.25) is 14.7 Å². The van der Waals surface area contributed by atoms with E-state index in [1.54, 1.807) is 18.3 Å². The highest BCUT2D eigenvalue weighted by Gasteiger charge is 2.23. The zero-order chi connectivity index (χ0) is 22.5. The van der Waals surface area contributed by atoms with E-state index < -0.39 is 0 Å². The molecule has 0 aliphatic carbocycles. The molecule has 0 radical (unpaired) electrons. The van der Waals surface area contributed by atoms with E-state index in [2.05, 4.69) is 30.5 Å². The van der Waals surface area contributed by atoms with E-state index in [-0.39, 0.29) is 17.6 Å². The van der Waals surface area contributed by atoms with Gasteiger partial charge >= 0.3 is 0 Å². The van der Waals surface area contributed by atoms with Crippen molar-refractivity contribution in [1.29, 1.82) is 0 Å². The van der Waals surface area contributed by atoms with Crippen LogP contribution in [0.25, 0.3) is 0 Å². The molecule has 8 heteroatoms. The first-order chi connectivity index (χ1) is 15.4. The van der Waals surface area contributed by atoms with Crippen molar-refractivity contribution in [1.82, 2.24) is 19.9 Å². The zero-order valence-electron chi connectivity index (χ0n) is 18.3. The molecule has 3 aromatic rings. The van der Waals surface area contributed by atoms with Gasteiger partial charge in [-0.1, -0.05) is 0 Å². The van der Waals surface area contributed by atoms with Crippen LogP contribution in [-0.2, 0) is 4.79 Å². The maximum Gasteiger partial charge on any atom is 0.238 e. The highest BCUT2D eigenvalue weighted by molar-refractivity contribution is 5.92. The maximum absolute atomic E-state index is 13.0. The Morgan fingerprint density at radius 3 is 2.50 bits per heavy atom. The van der Waals surface area contributed by atoms with E-state index >= 15 is 0 Å². The maximum atomic E-state index is 13.0. The van der Waals surface area contributed by atoms with Gasteiger partial charge in [0, 0.05) is 35.2 Å². The molecule has 1 aliphatic heterocycles. The Hall–Kier alpha value is -3.39. The first-order valence-corrected chi connectivity index (χ1v) is 10.8. The summed E-state index contributed by atoms with van der Waals surface area (Å²) in [5.74, 6) is 0.414. The molecule has 166 valence electrons. The average Bonchev–Trinajstić information content (AvgIpc) is 2.75. The molecule has 0 saturated carbocycles. The number of amides is 1. The largest absolute Gasteiger partial charge is 0.325 e. The van der Waals surface area contributed by atoms with Crippen LogP contribution in [-0.4, -0.2) is 45.4 Å². The summed E-state index contributed by atoms with van der Waals surface area (Å²) in [6.07, 6.45) is 3.85. The van der Waals surface area contributed by atoms with Gasteiger partial charge in [0.15, 0.2) is 0 Å². The number of benzene rings is 1. The average molecular weight is 435 g/mol. The number of pyridine rings is 1. The lowest BCUT2D eigenvalue weighted by Gasteiger charge is -2.32. The van der Waals surface area contributed by atoms with Gasteiger partial charge in [0.05, 0.1) is 18.4 Å². The predicted octanol–water partition coefficient (Wildman–Crippen LogP) is 4.19. The summed E-state index contributed by atoms with van der Waals surface area (Å²) in [7, 11) is 0. The Bertz CT molecular complexity index is 1050. The molecular formula is C24H27FN6O. The number of carbonyl (C=O) groups excluding carboxylic acids is 1. The van der Waals surface area contributed by atoms with E-state index in [1.807, 2.05) is 32.0 Å². The Balaban J connectivity index is 1.33. The summed E-state index contributed by atoms with van der Waals surface area (Å²) in [4.78, 5) is 28.0. The number of anilines is 3. The molecule has 1 amide bonds. The molecule has 0 bridgehead atoms. The van der Waals surface area contributed by atoms with E-state index in [0.717, 1.165) is 48.7 Å². The second kappa shape index (κ2) is 9.82. The topological polar surface area (TPSA) is 83.0 Å². The van der Waals surface area contributed by atoms with Crippen molar-refractivity contribution in [3.8, 4) is 0 Å². The number of hydrogen-bond acceptors (Lipinski definition) is 6. The lowest BCUT2D eigenvalue weighted by Crippen LogP contribution is -2.40. The van der Waals surface area contributed by atoms with Crippen molar-refractivity contribution in [2.45, 2.75) is 32.6 Å². The molecule has 1 fully saturated rings. The minimum absolute atomic E-state index is 0.0989. The fourth-order valence-corrected chi connectivity index (χ4v) is 4.01. The fraction of sp³-hybridized carbons (Fsp3) is 0.333. The fourth-order valence-electron chi connectivity index (χ4n) is 4.01. The third-order valence-electron chi connectivity index (χ3n) is 5.44. The van der Waals surface area contributed by atoms with E-state index in [1.165, 1.54) is 12.1 Å². The SMILES string of the molecule is Cc1cc(C)nc(Nc2ccc(C3CCCN(CC(=O)Nc4ccc(F)cc4)C3)nc2)n1. The normalized spacial score (nSPS) is 16.5. The number of hydrogen-bond donors (Lipinski definition) is 2. The molecule has 0 spiro atoms. The molecule has 1 aromatic carbocycles. The zero-order valence-corrected chi connectivity index (χ0v) is 18.3. The summed E-state index contributed by atoms with van der Waals surface area (Å²) in [5, 5.41) is 6.03. The van der Waals surface area contributed by atoms with Gasteiger partial charge in [0.25, 0.3) is 0 Å². The summed E-state index contributed by atoms with van der Waals surface area (Å²) in [5.41, 5.74) is 4.28. The predicted molar refractivity (Wildman–Crippen MR) is 122 cm³/mol. The number of aromatic nitrogens is 3. The van der Waals surface area contributed by atoms with Crippen molar-refractivity contribution in [2.75, 3.05) is 30.3 Å². The number of rotatable bonds is 6. The molecule has 4 rings (SSSR count). The lowest BCUT2D eigenvalue weighted by atomic mass is 9.94. The minimum atomic E-state index is -0.322. The van der Waals surface area contributed by atoms with Crippen LogP contribution >= 0.6 is 0 Å². The third-order valence-corrected chi connectivity index (χ3v) is 5.44. The van der Waals surface area contributed by atoms with Gasteiger partial charge in [0.2, 0.25) is 11.9 Å². The van der Waals surface area contributed by atoms with Crippen molar-refractivity contribution < 1.29 is 9.18 Å². The number of halogens is 1. The summed E-state index contributed by atoms with van der Waals surface area (Å²) in [6, 6.07) is 11.7. The molecule has 7 nitrogen and oxygen atoms in total. The molecule has 1 unspecified atom stereocenters. The molecule has 1 aliphatic rings. The Morgan fingerprint density at radius 1 is 1.09 bits per heavy atom. The molecule has 3 heterocycles. The van der Waals surface area contributed by atoms with Gasteiger partial charge in [-0.05, 0) is 75.7 Å². The number of carbonyl (C=O) groups is 1. The highest BCUT2D eigenvalue weighted by Crippen LogP contribution is 2.26. The first-order valence-electron chi connectivity index (χ1n) is 10.8. The van der Waals surface area contributed by atoms with E-state index in [9.17, 15) is 9.18 Å². The Morgan fingerprint density at radius 2 is 1.81 bits per heavy atom. The Kier molecular flexibility index (Phi) is 6.70. The standard InChI is InChI=1S/C24H27FN6O/c1-16-12-17(2)28-24(27-16)30-21-9-10-22(26-13-21)18-4-3-11-31(14-18)15-23(32)29-20-7-5-19(25)6-8-20/h5-10,12-13,18H,3-4,11,14-15H2,1-2H3,(H,29,32)(H,27,28,30). The smallest absolute Gasteiger partial charge is 0.238 e. The molecule has 1 saturated heterocycles. The first kappa shape index (κ1) is 21.8. The summed E-state index contributed by atoms with van der Waals surface area (Å²) < 4.78 is 13.0. The number of piperidine rings is 1. The number of nitrogens with zero attached hydrogens (tertiary/aromatic N) is 4. The van der Waals surface area contributed by atoms with Crippen LogP contribution in [0.3, 0.4) is 0 Å². The van der Waals surface area contributed by atoms with Crippen LogP contribution in [0.2, 0.25) is 0 Å². The van der Waals surface area contributed by atoms with Gasteiger partial charge < -0.3 is 10.6 Å². The van der Waals surface area contributed by atoms with Crippen molar-refractivity contribution in [3.05, 3.63) is 71.6 Å². The lowest BCUT2D eigenvalue weighted by molar-refractivity contribution is -0.117. The second-order valence-corrected chi connectivity index (χ2v) is 8.20. The molecule has 2 N–H and O–H groups in total.